The maximum atomic E-state index is 11.9. The molecule has 8 nitrogen and oxygen atoms in total. The second-order valence-electron chi connectivity index (χ2n) is 6.86. The lowest BCUT2D eigenvalue weighted by molar-refractivity contribution is 0.627. The first-order chi connectivity index (χ1) is 13.5. The predicted octanol–water partition coefficient (Wildman–Crippen LogP) is 1.45. The summed E-state index contributed by atoms with van der Waals surface area (Å²) < 4.78 is 1.68. The molecule has 0 aromatic carbocycles. The fraction of sp³-hybridized carbons (Fsp3) is 0.300. The molecular weight excluding hydrogens is 354 g/mol. The zero-order chi connectivity index (χ0) is 19.7. The van der Waals surface area contributed by atoms with E-state index in [9.17, 15) is 4.79 Å². The number of nitrogens with zero attached hydrogens (tertiary/aromatic N) is 6. The van der Waals surface area contributed by atoms with Crippen LogP contribution in [0.1, 0.15) is 5.69 Å². The highest BCUT2D eigenvalue weighted by Gasteiger charge is 2.24. The molecule has 8 heteroatoms. The van der Waals surface area contributed by atoms with Gasteiger partial charge >= 0.3 is 0 Å². The molecule has 4 heterocycles. The number of nitrogens with two attached hydrogens (primary N) is 1. The van der Waals surface area contributed by atoms with Crippen LogP contribution in [0.4, 0.5) is 17.6 Å². The maximum absolute atomic E-state index is 11.9. The quantitative estimate of drug-likeness (QED) is 0.738. The smallest absolute Gasteiger partial charge is 0.251 e. The monoisotopic (exact) mass is 377 g/mol. The first-order valence-electron chi connectivity index (χ1n) is 9.25. The van der Waals surface area contributed by atoms with Gasteiger partial charge in [-0.15, -0.1) is 0 Å². The molecule has 0 amide bonds. The molecule has 28 heavy (non-hydrogen) atoms. The number of aryl methyl sites for hydroxylation is 1. The Morgan fingerprint density at radius 2 is 1.75 bits per heavy atom. The molecule has 0 atom stereocenters. The van der Waals surface area contributed by atoms with Crippen LogP contribution < -0.4 is 21.1 Å². The van der Waals surface area contributed by atoms with Crippen molar-refractivity contribution >= 4 is 17.6 Å². The van der Waals surface area contributed by atoms with Crippen LogP contribution in [0, 0.1) is 6.92 Å². The van der Waals surface area contributed by atoms with Crippen LogP contribution in [0.3, 0.4) is 0 Å². The first-order valence-corrected chi connectivity index (χ1v) is 9.25. The summed E-state index contributed by atoms with van der Waals surface area (Å²) in [5, 5.41) is 0. The van der Waals surface area contributed by atoms with Gasteiger partial charge in [-0.05, 0) is 19.1 Å². The highest BCUT2D eigenvalue weighted by Crippen LogP contribution is 2.32. The van der Waals surface area contributed by atoms with Gasteiger partial charge in [0.25, 0.3) is 5.56 Å². The fourth-order valence-electron chi connectivity index (χ4n) is 3.67. The van der Waals surface area contributed by atoms with Crippen molar-refractivity contribution in [3.63, 3.8) is 0 Å². The van der Waals surface area contributed by atoms with Crippen LogP contribution in [0.5, 0.6) is 0 Å². The third-order valence-corrected chi connectivity index (χ3v) is 5.10. The Morgan fingerprint density at radius 3 is 2.46 bits per heavy atom. The summed E-state index contributed by atoms with van der Waals surface area (Å²) in [6.45, 7) is 5.05. The Hall–Kier alpha value is -3.42. The van der Waals surface area contributed by atoms with Gasteiger partial charge in [-0.3, -0.25) is 14.3 Å². The Labute approximate surface area is 163 Å². The molecule has 3 aromatic rings. The van der Waals surface area contributed by atoms with Crippen molar-refractivity contribution in [1.29, 1.82) is 0 Å². The molecule has 0 spiro atoms. The minimum absolute atomic E-state index is 0.00186. The molecule has 0 bridgehead atoms. The summed E-state index contributed by atoms with van der Waals surface area (Å²) in [4.78, 5) is 29.5. The molecule has 1 fully saturated rings. The van der Waals surface area contributed by atoms with E-state index >= 15 is 0 Å². The van der Waals surface area contributed by atoms with E-state index < -0.39 is 0 Å². The van der Waals surface area contributed by atoms with E-state index in [-0.39, 0.29) is 11.5 Å². The largest absolute Gasteiger partial charge is 0.368 e. The van der Waals surface area contributed by atoms with Crippen molar-refractivity contribution < 1.29 is 0 Å². The number of piperazine rings is 1. The molecule has 2 N–H and O–H groups in total. The number of aromatic nitrogens is 4. The van der Waals surface area contributed by atoms with Crippen LogP contribution in [0.15, 0.2) is 47.5 Å². The van der Waals surface area contributed by atoms with Crippen molar-refractivity contribution in [2.75, 3.05) is 41.7 Å². The Morgan fingerprint density at radius 1 is 1.00 bits per heavy atom. The van der Waals surface area contributed by atoms with Gasteiger partial charge in [0, 0.05) is 62.8 Å². The van der Waals surface area contributed by atoms with Gasteiger partial charge in [0.2, 0.25) is 5.95 Å². The third kappa shape index (κ3) is 3.28. The SMILES string of the molecule is Cc1nc(N)nc(N2CCN(c3cccc(=O)n3C)CC2)c1-c1cccnc1. The lowest BCUT2D eigenvalue weighted by Crippen LogP contribution is -2.48. The lowest BCUT2D eigenvalue weighted by atomic mass is 10.1. The average Bonchev–Trinajstić information content (AvgIpc) is 2.70. The Kier molecular flexibility index (Phi) is 4.68. The van der Waals surface area contributed by atoms with Crippen LogP contribution in [-0.2, 0) is 7.05 Å². The molecule has 1 saturated heterocycles. The Balaban J connectivity index is 1.63. The van der Waals surface area contributed by atoms with E-state index in [1.165, 1.54) is 0 Å². The molecular formula is C20H23N7O. The summed E-state index contributed by atoms with van der Waals surface area (Å²) >= 11 is 0. The summed E-state index contributed by atoms with van der Waals surface area (Å²) in [7, 11) is 1.80. The van der Waals surface area contributed by atoms with E-state index in [0.717, 1.165) is 54.6 Å². The highest BCUT2D eigenvalue weighted by molar-refractivity contribution is 5.78. The zero-order valence-electron chi connectivity index (χ0n) is 16.0. The fourth-order valence-corrected chi connectivity index (χ4v) is 3.67. The molecule has 1 aliphatic heterocycles. The number of pyridine rings is 2. The Bertz CT molecular complexity index is 1040. The van der Waals surface area contributed by atoms with E-state index in [4.69, 9.17) is 5.73 Å². The van der Waals surface area contributed by atoms with E-state index in [2.05, 4.69) is 24.8 Å². The normalized spacial score (nSPS) is 14.4. The number of rotatable bonds is 3. The molecule has 1 aliphatic rings. The summed E-state index contributed by atoms with van der Waals surface area (Å²) in [5.41, 5.74) is 8.73. The summed E-state index contributed by atoms with van der Waals surface area (Å²) in [5.74, 6) is 2.03. The average molecular weight is 377 g/mol. The molecule has 0 radical (unpaired) electrons. The first kappa shape index (κ1) is 18.0. The number of hydrogen-bond donors (Lipinski definition) is 1. The maximum Gasteiger partial charge on any atom is 0.251 e. The van der Waals surface area contributed by atoms with Crippen molar-refractivity contribution in [1.82, 2.24) is 19.5 Å². The van der Waals surface area contributed by atoms with E-state index in [1.54, 1.807) is 29.9 Å². The van der Waals surface area contributed by atoms with Gasteiger partial charge in [0.05, 0.1) is 5.69 Å². The van der Waals surface area contributed by atoms with Gasteiger partial charge in [-0.1, -0.05) is 12.1 Å². The molecule has 3 aromatic heterocycles. The number of nitrogen functional groups attached to an aromatic ring is 1. The summed E-state index contributed by atoms with van der Waals surface area (Å²) in [6.07, 6.45) is 3.57. The van der Waals surface area contributed by atoms with Gasteiger partial charge in [-0.25, -0.2) is 4.98 Å². The minimum Gasteiger partial charge on any atom is -0.368 e. The molecule has 4 rings (SSSR count). The van der Waals surface area contributed by atoms with Crippen LogP contribution in [0.25, 0.3) is 11.1 Å². The van der Waals surface area contributed by atoms with Crippen molar-refractivity contribution in [2.24, 2.45) is 7.05 Å². The number of anilines is 3. The second-order valence-corrected chi connectivity index (χ2v) is 6.86. The molecule has 0 aliphatic carbocycles. The minimum atomic E-state index is -0.00186. The van der Waals surface area contributed by atoms with E-state index in [0.29, 0.717) is 0 Å². The van der Waals surface area contributed by atoms with Gasteiger partial charge < -0.3 is 15.5 Å². The molecule has 0 saturated carbocycles. The van der Waals surface area contributed by atoms with Gasteiger partial charge in [0.1, 0.15) is 11.6 Å². The van der Waals surface area contributed by atoms with E-state index in [1.807, 2.05) is 31.3 Å². The van der Waals surface area contributed by atoms with Gasteiger partial charge in [-0.2, -0.15) is 4.98 Å². The van der Waals surface area contributed by atoms with Crippen molar-refractivity contribution in [3.8, 4) is 11.1 Å². The third-order valence-electron chi connectivity index (χ3n) is 5.10. The van der Waals surface area contributed by atoms with Crippen molar-refractivity contribution in [2.45, 2.75) is 6.92 Å². The van der Waals surface area contributed by atoms with Crippen LogP contribution >= 0.6 is 0 Å². The predicted molar refractivity (Wildman–Crippen MR) is 111 cm³/mol. The highest BCUT2D eigenvalue weighted by atomic mass is 16.1. The van der Waals surface area contributed by atoms with Gasteiger partial charge in [0.15, 0.2) is 0 Å². The van der Waals surface area contributed by atoms with Crippen molar-refractivity contribution in [3.05, 3.63) is 58.8 Å². The summed E-state index contributed by atoms with van der Waals surface area (Å²) in [6, 6.07) is 9.27. The number of hydrogen-bond acceptors (Lipinski definition) is 7. The van der Waals surface area contributed by atoms with Crippen LogP contribution in [-0.4, -0.2) is 45.7 Å². The van der Waals surface area contributed by atoms with Crippen LogP contribution in [0.2, 0.25) is 0 Å². The molecule has 0 unspecified atom stereocenters. The zero-order valence-corrected chi connectivity index (χ0v) is 16.0. The topological polar surface area (TPSA) is 93.2 Å². The standard InChI is InChI=1S/C20H23N7O/c1-14-18(15-5-4-8-22-13-15)19(24-20(21)23-14)27-11-9-26(10-12-27)16-6-3-7-17(28)25(16)2/h3-8,13H,9-12H2,1-2H3,(H2,21,23,24). The second kappa shape index (κ2) is 7.30. The lowest BCUT2D eigenvalue weighted by Gasteiger charge is -2.38. The molecule has 144 valence electrons.